The number of hydrogen-bond acceptors (Lipinski definition) is 3. The summed E-state index contributed by atoms with van der Waals surface area (Å²) in [7, 11) is 1.64. The molecule has 0 saturated heterocycles. The van der Waals surface area contributed by atoms with Gasteiger partial charge in [0.1, 0.15) is 23.9 Å². The molecule has 1 saturated carbocycles. The van der Waals surface area contributed by atoms with Gasteiger partial charge in [-0.3, -0.25) is 4.79 Å². The van der Waals surface area contributed by atoms with Crippen molar-refractivity contribution in [2.45, 2.75) is 58.0 Å². The van der Waals surface area contributed by atoms with Crippen LogP contribution in [0.1, 0.15) is 67.3 Å². The summed E-state index contributed by atoms with van der Waals surface area (Å²) in [6.45, 7) is 6.90. The van der Waals surface area contributed by atoms with Crippen LogP contribution in [-0.4, -0.2) is 18.2 Å². The normalized spacial score (nSPS) is 23.2. The number of fused-ring (bicyclic) bond motifs is 5. The van der Waals surface area contributed by atoms with Gasteiger partial charge in [0.25, 0.3) is 0 Å². The molecule has 3 aliphatic rings. The number of carboxylic acids is 1. The SMILES string of the molecule is COc1ccc(F)c2c1C(C(C)(C)C)c1cc(COc3ccc4c(c3)C3(CC4)CC3C(=O)O)ccc1-2. The Bertz CT molecular complexity index is 1400. The Kier molecular flexibility index (Phi) is 5.02. The molecule has 0 aromatic heterocycles. The summed E-state index contributed by atoms with van der Waals surface area (Å²) in [5, 5.41) is 9.53. The lowest BCUT2D eigenvalue weighted by Crippen LogP contribution is -2.18. The van der Waals surface area contributed by atoms with E-state index in [-0.39, 0.29) is 28.5 Å². The summed E-state index contributed by atoms with van der Waals surface area (Å²) >= 11 is 0. The highest BCUT2D eigenvalue weighted by Crippen LogP contribution is 2.62. The van der Waals surface area contributed by atoms with Gasteiger partial charge >= 0.3 is 5.97 Å². The number of aliphatic carboxylic acids is 1. The summed E-state index contributed by atoms with van der Waals surface area (Å²) in [5.74, 6) is 0.265. The predicted octanol–water partition coefficient (Wildman–Crippen LogP) is 6.86. The Morgan fingerprint density at radius 3 is 2.64 bits per heavy atom. The largest absolute Gasteiger partial charge is 0.496 e. The summed E-state index contributed by atoms with van der Waals surface area (Å²) in [6, 6.07) is 15.5. The van der Waals surface area contributed by atoms with Crippen LogP contribution >= 0.6 is 0 Å². The average molecular weight is 487 g/mol. The van der Waals surface area contributed by atoms with Gasteiger partial charge in [0.2, 0.25) is 0 Å². The van der Waals surface area contributed by atoms with Crippen LogP contribution in [0.15, 0.2) is 48.5 Å². The molecular weight excluding hydrogens is 455 g/mol. The molecule has 1 fully saturated rings. The zero-order valence-corrected chi connectivity index (χ0v) is 21.2. The van der Waals surface area contributed by atoms with Gasteiger partial charge in [0.05, 0.1) is 13.0 Å². The molecule has 3 aromatic rings. The molecule has 0 aliphatic heterocycles. The minimum Gasteiger partial charge on any atom is -0.496 e. The third kappa shape index (κ3) is 3.36. The molecule has 0 bridgehead atoms. The maximum Gasteiger partial charge on any atom is 0.307 e. The highest BCUT2D eigenvalue weighted by molar-refractivity contribution is 5.82. The van der Waals surface area contributed by atoms with E-state index in [1.54, 1.807) is 13.2 Å². The highest BCUT2D eigenvalue weighted by atomic mass is 19.1. The van der Waals surface area contributed by atoms with E-state index in [9.17, 15) is 9.90 Å². The van der Waals surface area contributed by atoms with E-state index in [2.05, 4.69) is 32.9 Å². The minimum atomic E-state index is -0.699. The summed E-state index contributed by atoms with van der Waals surface area (Å²) in [4.78, 5) is 11.6. The van der Waals surface area contributed by atoms with E-state index < -0.39 is 5.97 Å². The number of halogens is 1. The van der Waals surface area contributed by atoms with Gasteiger partial charge in [-0.25, -0.2) is 4.39 Å². The summed E-state index contributed by atoms with van der Waals surface area (Å²) in [6.07, 6.45) is 2.56. The van der Waals surface area contributed by atoms with Gasteiger partial charge in [0.15, 0.2) is 0 Å². The van der Waals surface area contributed by atoms with Gasteiger partial charge in [-0.1, -0.05) is 45.0 Å². The Morgan fingerprint density at radius 2 is 1.94 bits per heavy atom. The first kappa shape index (κ1) is 23.1. The number of carboxylic acid groups (broad SMARTS) is 1. The zero-order valence-electron chi connectivity index (χ0n) is 21.2. The zero-order chi connectivity index (χ0) is 25.4. The monoisotopic (exact) mass is 486 g/mol. The molecule has 5 heteroatoms. The van der Waals surface area contributed by atoms with Gasteiger partial charge in [0, 0.05) is 22.5 Å². The molecule has 6 rings (SSSR count). The standard InChI is InChI=1S/C31H31FO4/c1-30(2,3)28-21-13-17(5-8-20(21)26-24(32)9-10-25(35-4)27(26)28)16-36-19-7-6-18-11-12-31(22(18)14-19)15-23(31)29(33)34/h5-10,13-14,23,28H,11-12,15-16H2,1-4H3,(H,33,34). The van der Waals surface area contributed by atoms with Gasteiger partial charge in [-0.15, -0.1) is 0 Å². The van der Waals surface area contributed by atoms with Crippen LogP contribution in [-0.2, 0) is 23.2 Å². The van der Waals surface area contributed by atoms with Crippen molar-refractivity contribution in [1.82, 2.24) is 0 Å². The first-order chi connectivity index (χ1) is 17.1. The molecule has 3 aliphatic carbocycles. The Hall–Kier alpha value is -3.34. The first-order valence-electron chi connectivity index (χ1n) is 12.6. The van der Waals surface area contributed by atoms with Crippen LogP contribution in [0.5, 0.6) is 11.5 Å². The predicted molar refractivity (Wildman–Crippen MR) is 136 cm³/mol. The fourth-order valence-corrected chi connectivity index (χ4v) is 6.72. The molecule has 1 spiro atoms. The van der Waals surface area contributed by atoms with E-state index in [0.29, 0.717) is 17.9 Å². The summed E-state index contributed by atoms with van der Waals surface area (Å²) in [5.41, 5.74) is 6.62. The lowest BCUT2D eigenvalue weighted by molar-refractivity contribution is -0.139. The second-order valence-electron chi connectivity index (χ2n) is 11.6. The second-order valence-corrected chi connectivity index (χ2v) is 11.6. The highest BCUT2D eigenvalue weighted by Gasteiger charge is 2.61. The molecule has 3 aromatic carbocycles. The number of benzene rings is 3. The van der Waals surface area contributed by atoms with Crippen LogP contribution < -0.4 is 9.47 Å². The molecule has 1 N–H and O–H groups in total. The van der Waals surface area contributed by atoms with Crippen LogP contribution in [0.4, 0.5) is 4.39 Å². The molecule has 0 amide bonds. The molecule has 186 valence electrons. The number of hydrogen-bond donors (Lipinski definition) is 1. The topological polar surface area (TPSA) is 55.8 Å². The maximum atomic E-state index is 15.1. The van der Waals surface area contributed by atoms with Crippen molar-refractivity contribution in [1.29, 1.82) is 0 Å². The van der Waals surface area contributed by atoms with Crippen LogP contribution in [0, 0.1) is 17.2 Å². The van der Waals surface area contributed by atoms with Crippen molar-refractivity contribution in [2.24, 2.45) is 11.3 Å². The van der Waals surface area contributed by atoms with Crippen molar-refractivity contribution in [3.8, 4) is 22.6 Å². The van der Waals surface area contributed by atoms with Crippen molar-refractivity contribution in [3.63, 3.8) is 0 Å². The quantitative estimate of drug-likeness (QED) is 0.428. The Balaban J connectivity index is 1.30. The number of ether oxygens (including phenoxy) is 2. The van der Waals surface area contributed by atoms with E-state index in [1.165, 1.54) is 11.6 Å². The van der Waals surface area contributed by atoms with Crippen molar-refractivity contribution in [2.75, 3.05) is 7.11 Å². The fourth-order valence-electron chi connectivity index (χ4n) is 6.72. The third-order valence-corrected chi connectivity index (χ3v) is 8.46. The maximum absolute atomic E-state index is 15.1. The number of rotatable bonds is 5. The van der Waals surface area contributed by atoms with Crippen molar-refractivity contribution < 1.29 is 23.8 Å². The van der Waals surface area contributed by atoms with Crippen LogP contribution in [0.3, 0.4) is 0 Å². The van der Waals surface area contributed by atoms with Gasteiger partial charge < -0.3 is 14.6 Å². The van der Waals surface area contributed by atoms with Gasteiger partial charge in [-0.2, -0.15) is 0 Å². The van der Waals surface area contributed by atoms with Crippen molar-refractivity contribution >= 4 is 5.97 Å². The molecule has 0 heterocycles. The lowest BCUT2D eigenvalue weighted by atomic mass is 9.74. The second kappa shape index (κ2) is 7.83. The molecule has 0 radical (unpaired) electrons. The number of aryl methyl sites for hydroxylation is 1. The van der Waals surface area contributed by atoms with E-state index in [1.807, 2.05) is 24.3 Å². The lowest BCUT2D eigenvalue weighted by Gasteiger charge is -2.30. The van der Waals surface area contributed by atoms with E-state index in [4.69, 9.17) is 9.47 Å². The molecule has 3 atom stereocenters. The Labute approximate surface area is 211 Å². The van der Waals surface area contributed by atoms with E-state index >= 15 is 4.39 Å². The van der Waals surface area contributed by atoms with Crippen LogP contribution in [0.25, 0.3) is 11.1 Å². The minimum absolute atomic E-state index is 0.00392. The summed E-state index contributed by atoms with van der Waals surface area (Å²) < 4.78 is 26.9. The third-order valence-electron chi connectivity index (χ3n) is 8.46. The molecule has 3 unspecified atom stereocenters. The van der Waals surface area contributed by atoms with Crippen molar-refractivity contribution in [3.05, 3.63) is 82.2 Å². The number of carbonyl (C=O) groups is 1. The van der Waals surface area contributed by atoms with Gasteiger partial charge in [-0.05, 0) is 76.8 Å². The Morgan fingerprint density at radius 1 is 1.14 bits per heavy atom. The average Bonchev–Trinajstić information content (AvgIpc) is 3.32. The molecule has 36 heavy (non-hydrogen) atoms. The number of methoxy groups -OCH3 is 1. The van der Waals surface area contributed by atoms with Crippen LogP contribution in [0.2, 0.25) is 0 Å². The first-order valence-corrected chi connectivity index (χ1v) is 12.6. The molecular formula is C31H31FO4. The molecule has 4 nitrogen and oxygen atoms in total. The smallest absolute Gasteiger partial charge is 0.307 e. The fraction of sp³-hybridized carbons (Fsp3) is 0.387. The van der Waals surface area contributed by atoms with E-state index in [0.717, 1.165) is 52.8 Å².